The third-order valence-electron chi connectivity index (χ3n) is 3.33. The minimum atomic E-state index is -0.583. The maximum atomic E-state index is 10.2. The van der Waals surface area contributed by atoms with Crippen molar-refractivity contribution in [2.75, 3.05) is 12.8 Å². The van der Waals surface area contributed by atoms with E-state index < -0.39 is 5.60 Å². The predicted octanol–water partition coefficient (Wildman–Crippen LogP) is 2.67. The molecule has 1 saturated carbocycles. The number of ether oxygens (including phenoxy) is 1. The zero-order valence-electron chi connectivity index (χ0n) is 10.3. The monoisotopic (exact) mass is 253 g/mol. The van der Waals surface area contributed by atoms with Gasteiger partial charge in [0.2, 0.25) is 0 Å². The SMILES string of the molecule is COc1ccc(N)c(SC2CCCC2(C)O)c1. The highest BCUT2D eigenvalue weighted by Gasteiger charge is 2.37. The van der Waals surface area contributed by atoms with Crippen molar-refractivity contribution in [2.45, 2.75) is 41.9 Å². The average Bonchev–Trinajstić information content (AvgIpc) is 2.61. The van der Waals surface area contributed by atoms with Crippen molar-refractivity contribution in [1.82, 2.24) is 0 Å². The Balaban J connectivity index is 2.18. The van der Waals surface area contributed by atoms with E-state index in [1.807, 2.05) is 25.1 Å². The number of thioether (sulfide) groups is 1. The number of anilines is 1. The molecule has 0 aromatic heterocycles. The number of rotatable bonds is 3. The Morgan fingerprint density at radius 2 is 2.29 bits per heavy atom. The van der Waals surface area contributed by atoms with Crippen molar-refractivity contribution in [3.63, 3.8) is 0 Å². The number of hydrogen-bond acceptors (Lipinski definition) is 4. The molecule has 1 aromatic carbocycles. The van der Waals surface area contributed by atoms with Gasteiger partial charge in [-0.05, 0) is 44.4 Å². The summed E-state index contributed by atoms with van der Waals surface area (Å²) < 4.78 is 5.19. The normalized spacial score (nSPS) is 28.3. The third-order valence-corrected chi connectivity index (χ3v) is 4.97. The van der Waals surface area contributed by atoms with Crippen LogP contribution in [0.1, 0.15) is 26.2 Å². The number of hydrogen-bond donors (Lipinski definition) is 2. The van der Waals surface area contributed by atoms with Gasteiger partial charge >= 0.3 is 0 Å². The summed E-state index contributed by atoms with van der Waals surface area (Å²) >= 11 is 1.66. The average molecular weight is 253 g/mol. The number of aliphatic hydroxyl groups is 1. The van der Waals surface area contributed by atoms with Crippen LogP contribution in [-0.2, 0) is 0 Å². The molecule has 2 atom stereocenters. The molecule has 1 aliphatic carbocycles. The number of nitrogens with two attached hydrogens (primary N) is 1. The molecule has 0 aliphatic heterocycles. The largest absolute Gasteiger partial charge is 0.497 e. The van der Waals surface area contributed by atoms with Gasteiger partial charge in [-0.25, -0.2) is 0 Å². The first kappa shape index (κ1) is 12.6. The van der Waals surface area contributed by atoms with Crippen LogP contribution in [0.15, 0.2) is 23.1 Å². The van der Waals surface area contributed by atoms with Gasteiger partial charge in [0.1, 0.15) is 5.75 Å². The molecule has 0 heterocycles. The fourth-order valence-electron chi connectivity index (χ4n) is 2.20. The van der Waals surface area contributed by atoms with Crippen molar-refractivity contribution >= 4 is 17.4 Å². The van der Waals surface area contributed by atoms with Crippen LogP contribution in [-0.4, -0.2) is 23.1 Å². The van der Waals surface area contributed by atoms with Crippen LogP contribution >= 0.6 is 11.8 Å². The lowest BCUT2D eigenvalue weighted by Crippen LogP contribution is -2.31. The maximum absolute atomic E-state index is 10.2. The lowest BCUT2D eigenvalue weighted by molar-refractivity contribution is 0.0734. The van der Waals surface area contributed by atoms with Gasteiger partial charge in [-0.2, -0.15) is 0 Å². The fourth-order valence-corrected chi connectivity index (χ4v) is 3.55. The Bertz CT molecular complexity index is 406. The summed E-state index contributed by atoms with van der Waals surface area (Å²) in [7, 11) is 1.64. The lowest BCUT2D eigenvalue weighted by atomic mass is 10.1. The highest BCUT2D eigenvalue weighted by atomic mass is 32.2. The summed E-state index contributed by atoms with van der Waals surface area (Å²) in [6.07, 6.45) is 2.98. The van der Waals surface area contributed by atoms with Crippen molar-refractivity contribution in [1.29, 1.82) is 0 Å². The molecule has 1 fully saturated rings. The minimum absolute atomic E-state index is 0.219. The molecule has 4 heteroatoms. The Morgan fingerprint density at radius 3 is 2.88 bits per heavy atom. The maximum Gasteiger partial charge on any atom is 0.120 e. The molecule has 17 heavy (non-hydrogen) atoms. The number of methoxy groups -OCH3 is 1. The van der Waals surface area contributed by atoms with E-state index in [1.165, 1.54) is 0 Å². The zero-order valence-corrected chi connectivity index (χ0v) is 11.1. The van der Waals surface area contributed by atoms with Crippen molar-refractivity contribution in [2.24, 2.45) is 0 Å². The number of nitrogen functional groups attached to an aromatic ring is 1. The van der Waals surface area contributed by atoms with Crippen LogP contribution in [0.4, 0.5) is 5.69 Å². The first-order valence-electron chi connectivity index (χ1n) is 5.85. The summed E-state index contributed by atoms with van der Waals surface area (Å²) in [6, 6.07) is 5.64. The molecule has 0 spiro atoms. The molecule has 2 unspecified atom stereocenters. The van der Waals surface area contributed by atoms with Gasteiger partial charge in [0, 0.05) is 15.8 Å². The molecule has 3 nitrogen and oxygen atoms in total. The van der Waals surface area contributed by atoms with E-state index >= 15 is 0 Å². The molecule has 0 bridgehead atoms. The van der Waals surface area contributed by atoms with Gasteiger partial charge in [0.05, 0.1) is 12.7 Å². The molecule has 0 radical (unpaired) electrons. The molecule has 0 amide bonds. The molecular weight excluding hydrogens is 234 g/mol. The minimum Gasteiger partial charge on any atom is -0.497 e. The molecule has 2 rings (SSSR count). The van der Waals surface area contributed by atoms with Gasteiger partial charge in [-0.15, -0.1) is 11.8 Å². The Kier molecular flexibility index (Phi) is 3.54. The topological polar surface area (TPSA) is 55.5 Å². The van der Waals surface area contributed by atoms with Crippen LogP contribution in [0.25, 0.3) is 0 Å². The molecule has 3 N–H and O–H groups in total. The van der Waals surface area contributed by atoms with Crippen LogP contribution in [0, 0.1) is 0 Å². The van der Waals surface area contributed by atoms with Crippen LogP contribution < -0.4 is 10.5 Å². The third kappa shape index (κ3) is 2.69. The van der Waals surface area contributed by atoms with E-state index in [4.69, 9.17) is 10.5 Å². The van der Waals surface area contributed by atoms with Gasteiger partial charge in [-0.1, -0.05) is 0 Å². The molecule has 0 saturated heterocycles. The highest BCUT2D eigenvalue weighted by molar-refractivity contribution is 8.00. The molecule has 94 valence electrons. The summed E-state index contributed by atoms with van der Waals surface area (Å²) in [5, 5.41) is 10.5. The van der Waals surface area contributed by atoms with E-state index in [-0.39, 0.29) is 5.25 Å². The van der Waals surface area contributed by atoms with E-state index in [9.17, 15) is 5.11 Å². The van der Waals surface area contributed by atoms with Crippen molar-refractivity contribution in [3.8, 4) is 5.75 Å². The summed E-state index contributed by atoms with van der Waals surface area (Å²) in [4.78, 5) is 0.997. The first-order chi connectivity index (χ1) is 8.03. The number of benzene rings is 1. The Morgan fingerprint density at radius 1 is 1.53 bits per heavy atom. The van der Waals surface area contributed by atoms with E-state index in [0.717, 1.165) is 35.6 Å². The van der Waals surface area contributed by atoms with E-state index in [0.29, 0.717) is 0 Å². The van der Waals surface area contributed by atoms with Gasteiger partial charge in [0.15, 0.2) is 0 Å². The first-order valence-corrected chi connectivity index (χ1v) is 6.73. The highest BCUT2D eigenvalue weighted by Crippen LogP contribution is 2.43. The fraction of sp³-hybridized carbons (Fsp3) is 0.538. The van der Waals surface area contributed by atoms with Crippen molar-refractivity contribution in [3.05, 3.63) is 18.2 Å². The van der Waals surface area contributed by atoms with Gasteiger partial charge in [0.25, 0.3) is 0 Å². The summed E-state index contributed by atoms with van der Waals surface area (Å²) in [6.45, 7) is 1.91. The second kappa shape index (κ2) is 4.78. The summed E-state index contributed by atoms with van der Waals surface area (Å²) in [5.41, 5.74) is 6.12. The Labute approximate surface area is 106 Å². The second-order valence-corrected chi connectivity index (χ2v) is 6.00. The Hall–Kier alpha value is -0.870. The van der Waals surface area contributed by atoms with Crippen LogP contribution in [0.3, 0.4) is 0 Å². The van der Waals surface area contributed by atoms with E-state index in [2.05, 4.69) is 0 Å². The van der Waals surface area contributed by atoms with Crippen LogP contribution in [0.5, 0.6) is 5.75 Å². The van der Waals surface area contributed by atoms with E-state index in [1.54, 1.807) is 18.9 Å². The predicted molar refractivity (Wildman–Crippen MR) is 71.5 cm³/mol. The quantitative estimate of drug-likeness (QED) is 0.813. The smallest absolute Gasteiger partial charge is 0.120 e. The van der Waals surface area contributed by atoms with Crippen molar-refractivity contribution < 1.29 is 9.84 Å². The standard InChI is InChI=1S/C13H19NO2S/c1-13(15)7-3-4-12(13)17-11-8-9(16-2)5-6-10(11)14/h5-6,8,12,15H,3-4,7,14H2,1-2H3. The lowest BCUT2D eigenvalue weighted by Gasteiger charge is -2.25. The molecular formula is C13H19NO2S. The van der Waals surface area contributed by atoms with Gasteiger partial charge in [-0.3, -0.25) is 0 Å². The molecule has 1 aliphatic rings. The second-order valence-electron chi connectivity index (χ2n) is 4.76. The molecule has 1 aromatic rings. The van der Waals surface area contributed by atoms with Gasteiger partial charge < -0.3 is 15.6 Å². The summed E-state index contributed by atoms with van der Waals surface area (Å²) in [5.74, 6) is 0.805. The zero-order chi connectivity index (χ0) is 12.5. The van der Waals surface area contributed by atoms with Crippen LogP contribution in [0.2, 0.25) is 0 Å².